The Kier molecular flexibility index (Phi) is 4.15. The van der Waals surface area contributed by atoms with Gasteiger partial charge in [0, 0.05) is 0 Å². The number of para-hydroxylation sites is 1. The third-order valence-electron chi connectivity index (χ3n) is 3.55. The van der Waals surface area contributed by atoms with E-state index in [1.54, 1.807) is 18.2 Å². The molecule has 0 radical (unpaired) electrons. The highest BCUT2D eigenvalue weighted by atomic mass is 16.5. The minimum atomic E-state index is -0.486. The standard InChI is InChI=1S/C17H15N3O4/c1-10-5-2-3-8-13(10)24-9-14(21)18-12-7-4-6-11-15(12)17(23)20-19-16(11)22/h2-8H,9H2,1H3,(H,18,21)(H,19,22)(H,20,23). The van der Waals surface area contributed by atoms with E-state index in [0.717, 1.165) is 5.56 Å². The van der Waals surface area contributed by atoms with Crippen LogP contribution in [0.3, 0.4) is 0 Å². The van der Waals surface area contributed by atoms with E-state index >= 15 is 0 Å². The van der Waals surface area contributed by atoms with Crippen LogP contribution in [0.2, 0.25) is 0 Å². The Bertz CT molecular complexity index is 1020. The highest BCUT2D eigenvalue weighted by Gasteiger charge is 2.11. The second kappa shape index (κ2) is 6.41. The zero-order chi connectivity index (χ0) is 17.1. The first-order valence-corrected chi connectivity index (χ1v) is 7.28. The molecule has 2 aromatic carbocycles. The summed E-state index contributed by atoms with van der Waals surface area (Å²) in [4.78, 5) is 35.8. The highest BCUT2D eigenvalue weighted by Crippen LogP contribution is 2.18. The van der Waals surface area contributed by atoms with E-state index in [4.69, 9.17) is 4.74 Å². The molecule has 7 nitrogen and oxygen atoms in total. The summed E-state index contributed by atoms with van der Waals surface area (Å²) in [7, 11) is 0. The molecule has 0 atom stereocenters. The fourth-order valence-corrected chi connectivity index (χ4v) is 2.38. The minimum absolute atomic E-state index is 0.130. The van der Waals surface area contributed by atoms with Crippen molar-refractivity contribution in [2.75, 3.05) is 11.9 Å². The van der Waals surface area contributed by atoms with Gasteiger partial charge in [0.2, 0.25) is 0 Å². The molecule has 3 aromatic rings. The molecule has 3 N–H and O–H groups in total. The number of hydrogen-bond acceptors (Lipinski definition) is 4. The lowest BCUT2D eigenvalue weighted by Gasteiger charge is -2.10. The zero-order valence-electron chi connectivity index (χ0n) is 12.9. The number of aryl methyl sites for hydroxylation is 1. The number of H-pyrrole nitrogens is 2. The van der Waals surface area contributed by atoms with Crippen molar-refractivity contribution in [2.45, 2.75) is 6.92 Å². The van der Waals surface area contributed by atoms with Crippen molar-refractivity contribution >= 4 is 22.4 Å². The van der Waals surface area contributed by atoms with Gasteiger partial charge in [-0.1, -0.05) is 24.3 Å². The lowest BCUT2D eigenvalue weighted by Crippen LogP contribution is -2.24. The maximum absolute atomic E-state index is 12.1. The molecule has 0 saturated carbocycles. The molecule has 1 aromatic heterocycles. The quantitative estimate of drug-likeness (QED) is 0.677. The Labute approximate surface area is 136 Å². The third-order valence-corrected chi connectivity index (χ3v) is 3.55. The summed E-state index contributed by atoms with van der Waals surface area (Å²) in [5, 5.41) is 7.43. The molecule has 1 heterocycles. The van der Waals surface area contributed by atoms with Crippen LogP contribution in [-0.4, -0.2) is 22.7 Å². The molecule has 24 heavy (non-hydrogen) atoms. The summed E-state index contributed by atoms with van der Waals surface area (Å²) in [6.45, 7) is 1.67. The van der Waals surface area contributed by atoms with Crippen LogP contribution in [0.15, 0.2) is 52.1 Å². The first-order chi connectivity index (χ1) is 11.6. The van der Waals surface area contributed by atoms with Crippen molar-refractivity contribution in [1.82, 2.24) is 10.2 Å². The molecule has 0 aliphatic heterocycles. The monoisotopic (exact) mass is 325 g/mol. The molecule has 0 saturated heterocycles. The molecule has 1 amide bonds. The largest absolute Gasteiger partial charge is 0.483 e. The van der Waals surface area contributed by atoms with Crippen LogP contribution in [-0.2, 0) is 4.79 Å². The molecular formula is C17H15N3O4. The molecule has 7 heteroatoms. The number of aromatic nitrogens is 2. The topological polar surface area (TPSA) is 104 Å². The van der Waals surface area contributed by atoms with Gasteiger partial charge >= 0.3 is 0 Å². The van der Waals surface area contributed by atoms with Crippen LogP contribution in [0.5, 0.6) is 5.75 Å². The predicted molar refractivity (Wildman–Crippen MR) is 90.5 cm³/mol. The average molecular weight is 325 g/mol. The van der Waals surface area contributed by atoms with Gasteiger partial charge in [0.1, 0.15) is 5.75 Å². The zero-order valence-corrected chi connectivity index (χ0v) is 12.9. The molecular weight excluding hydrogens is 310 g/mol. The number of carbonyl (C=O) groups excluding carboxylic acids is 1. The van der Waals surface area contributed by atoms with Crippen molar-refractivity contribution in [3.8, 4) is 5.75 Å². The molecule has 0 aliphatic rings. The molecule has 122 valence electrons. The van der Waals surface area contributed by atoms with Crippen LogP contribution < -0.4 is 21.2 Å². The van der Waals surface area contributed by atoms with Crippen LogP contribution in [0.1, 0.15) is 5.56 Å². The summed E-state index contributed by atoms with van der Waals surface area (Å²) in [6, 6.07) is 12.0. The van der Waals surface area contributed by atoms with Gasteiger partial charge in [-0.15, -0.1) is 0 Å². The van der Waals surface area contributed by atoms with E-state index in [0.29, 0.717) is 5.75 Å². The van der Waals surface area contributed by atoms with Gasteiger partial charge in [-0.05, 0) is 30.7 Å². The van der Waals surface area contributed by atoms with Gasteiger partial charge in [-0.25, -0.2) is 0 Å². The SMILES string of the molecule is Cc1ccccc1OCC(=O)Nc1cccc2c(=O)[nH][nH]c(=O)c12. The number of carbonyl (C=O) groups is 1. The van der Waals surface area contributed by atoms with Crippen molar-refractivity contribution in [1.29, 1.82) is 0 Å². The Morgan fingerprint density at radius 2 is 1.79 bits per heavy atom. The fourth-order valence-electron chi connectivity index (χ4n) is 2.38. The number of fused-ring (bicyclic) bond motifs is 1. The highest BCUT2D eigenvalue weighted by molar-refractivity contribution is 6.01. The summed E-state index contributed by atoms with van der Waals surface area (Å²) in [5.74, 6) is 0.185. The second-order valence-electron chi connectivity index (χ2n) is 5.24. The first-order valence-electron chi connectivity index (χ1n) is 7.28. The van der Waals surface area contributed by atoms with Crippen LogP contribution >= 0.6 is 0 Å². The molecule has 0 fully saturated rings. The Balaban J connectivity index is 1.82. The summed E-state index contributed by atoms with van der Waals surface area (Å²) >= 11 is 0. The van der Waals surface area contributed by atoms with E-state index < -0.39 is 17.0 Å². The molecule has 0 unspecified atom stereocenters. The number of aromatic amines is 2. The van der Waals surface area contributed by atoms with Gasteiger partial charge in [-0.3, -0.25) is 24.6 Å². The number of nitrogens with one attached hydrogen (secondary N) is 3. The number of ether oxygens (including phenoxy) is 1. The lowest BCUT2D eigenvalue weighted by atomic mass is 10.1. The van der Waals surface area contributed by atoms with Crippen LogP contribution in [0.25, 0.3) is 10.8 Å². The van der Waals surface area contributed by atoms with E-state index in [1.165, 1.54) is 6.07 Å². The molecule has 3 rings (SSSR count). The molecule has 0 aliphatic carbocycles. The first kappa shape index (κ1) is 15.5. The summed E-state index contributed by atoms with van der Waals surface area (Å²) in [6.07, 6.45) is 0. The van der Waals surface area contributed by atoms with Crippen molar-refractivity contribution in [3.63, 3.8) is 0 Å². The number of anilines is 1. The smallest absolute Gasteiger partial charge is 0.272 e. The van der Waals surface area contributed by atoms with Crippen molar-refractivity contribution < 1.29 is 9.53 Å². The van der Waals surface area contributed by atoms with E-state index in [1.807, 2.05) is 25.1 Å². The van der Waals surface area contributed by atoms with Crippen LogP contribution in [0, 0.1) is 6.92 Å². The Morgan fingerprint density at radius 3 is 2.58 bits per heavy atom. The number of hydrogen-bond donors (Lipinski definition) is 3. The number of amides is 1. The van der Waals surface area contributed by atoms with Gasteiger partial charge < -0.3 is 10.1 Å². The maximum atomic E-state index is 12.1. The minimum Gasteiger partial charge on any atom is -0.483 e. The van der Waals surface area contributed by atoms with E-state index in [2.05, 4.69) is 15.5 Å². The third kappa shape index (κ3) is 3.05. The van der Waals surface area contributed by atoms with Gasteiger partial charge in [0.25, 0.3) is 17.0 Å². The normalized spacial score (nSPS) is 10.5. The van der Waals surface area contributed by atoms with Gasteiger partial charge in [0.05, 0.1) is 16.5 Å². The molecule has 0 bridgehead atoms. The van der Waals surface area contributed by atoms with Crippen molar-refractivity contribution in [2.24, 2.45) is 0 Å². The van der Waals surface area contributed by atoms with Gasteiger partial charge in [-0.2, -0.15) is 0 Å². The van der Waals surface area contributed by atoms with Crippen molar-refractivity contribution in [3.05, 3.63) is 68.7 Å². The van der Waals surface area contributed by atoms with E-state index in [9.17, 15) is 14.4 Å². The fraction of sp³-hybridized carbons (Fsp3) is 0.118. The lowest BCUT2D eigenvalue weighted by molar-refractivity contribution is -0.118. The van der Waals surface area contributed by atoms with Crippen LogP contribution in [0.4, 0.5) is 5.69 Å². The molecule has 0 spiro atoms. The summed E-state index contributed by atoms with van der Waals surface area (Å²) < 4.78 is 5.47. The maximum Gasteiger partial charge on any atom is 0.272 e. The average Bonchev–Trinajstić information content (AvgIpc) is 2.57. The number of rotatable bonds is 4. The Hall–Kier alpha value is -3.35. The summed E-state index contributed by atoms with van der Waals surface area (Å²) in [5.41, 5.74) is 0.258. The van der Waals surface area contributed by atoms with Gasteiger partial charge in [0.15, 0.2) is 6.61 Å². The predicted octanol–water partition coefficient (Wildman–Crippen LogP) is 1.54. The van der Waals surface area contributed by atoms with E-state index in [-0.39, 0.29) is 23.1 Å². The second-order valence-corrected chi connectivity index (χ2v) is 5.24. The number of benzene rings is 2. The Morgan fingerprint density at radius 1 is 1.04 bits per heavy atom.